The van der Waals surface area contributed by atoms with Crippen LogP contribution in [0.25, 0.3) is 5.69 Å². The van der Waals surface area contributed by atoms with Crippen molar-refractivity contribution in [3.05, 3.63) is 36.2 Å². The maximum Gasteiger partial charge on any atom is 0.283 e. The molecular weight excluding hydrogens is 202 g/mol. The first-order chi connectivity index (χ1) is 7.16. The van der Waals surface area contributed by atoms with Crippen molar-refractivity contribution < 1.29 is 8.78 Å². The number of alkyl halides is 2. The Morgan fingerprint density at radius 2 is 1.87 bits per heavy atom. The highest BCUT2D eigenvalue weighted by Crippen LogP contribution is 2.17. The van der Waals surface area contributed by atoms with Gasteiger partial charge in [-0.3, -0.25) is 0 Å². The Morgan fingerprint density at radius 3 is 2.40 bits per heavy atom. The van der Waals surface area contributed by atoms with E-state index in [1.54, 1.807) is 24.3 Å². The van der Waals surface area contributed by atoms with E-state index >= 15 is 0 Å². The van der Waals surface area contributed by atoms with Crippen LogP contribution in [0.15, 0.2) is 30.5 Å². The molecule has 0 unspecified atom stereocenters. The first-order valence-electron chi connectivity index (χ1n) is 4.23. The van der Waals surface area contributed by atoms with E-state index in [0.717, 1.165) is 0 Å². The summed E-state index contributed by atoms with van der Waals surface area (Å²) in [5.74, 6) is 0. The molecule has 2 N–H and O–H groups in total. The van der Waals surface area contributed by atoms with E-state index < -0.39 is 6.43 Å². The van der Waals surface area contributed by atoms with Crippen molar-refractivity contribution in [1.82, 2.24) is 15.0 Å². The Morgan fingerprint density at radius 1 is 1.20 bits per heavy atom. The second kappa shape index (κ2) is 3.64. The topological polar surface area (TPSA) is 56.7 Å². The van der Waals surface area contributed by atoms with E-state index in [0.29, 0.717) is 11.4 Å². The molecule has 0 radical (unpaired) electrons. The number of nitrogens with two attached hydrogens (primary N) is 1. The molecule has 1 aromatic carbocycles. The highest BCUT2D eigenvalue weighted by Gasteiger charge is 2.12. The number of nitrogen functional groups attached to an aromatic ring is 1. The van der Waals surface area contributed by atoms with Gasteiger partial charge in [-0.2, -0.15) is 0 Å². The van der Waals surface area contributed by atoms with Gasteiger partial charge >= 0.3 is 0 Å². The van der Waals surface area contributed by atoms with Gasteiger partial charge in [-0.1, -0.05) is 5.21 Å². The first kappa shape index (κ1) is 9.57. The Bertz CT molecular complexity index is 449. The number of aromatic nitrogens is 3. The smallest absolute Gasteiger partial charge is 0.283 e. The second-order valence-corrected chi connectivity index (χ2v) is 2.98. The average molecular weight is 210 g/mol. The van der Waals surface area contributed by atoms with Crippen LogP contribution in [0.1, 0.15) is 12.1 Å². The van der Waals surface area contributed by atoms with Crippen LogP contribution in [0.3, 0.4) is 0 Å². The van der Waals surface area contributed by atoms with Gasteiger partial charge in [0.15, 0.2) is 0 Å². The molecule has 0 aliphatic rings. The van der Waals surface area contributed by atoms with Crippen molar-refractivity contribution in [2.45, 2.75) is 6.43 Å². The van der Waals surface area contributed by atoms with Crippen LogP contribution >= 0.6 is 0 Å². The molecule has 2 rings (SSSR count). The molecule has 0 bridgehead atoms. The standard InChI is InChI=1S/C9H8F2N4/c10-9(11)8-5-15(14-13-8)7-3-1-6(12)2-4-7/h1-5,9H,12H2. The molecule has 4 nitrogen and oxygen atoms in total. The van der Waals surface area contributed by atoms with Crippen molar-refractivity contribution in [2.24, 2.45) is 0 Å². The van der Waals surface area contributed by atoms with Gasteiger partial charge in [0.25, 0.3) is 6.43 Å². The zero-order chi connectivity index (χ0) is 10.8. The van der Waals surface area contributed by atoms with Crippen molar-refractivity contribution in [2.75, 3.05) is 5.73 Å². The molecule has 1 aromatic heterocycles. The largest absolute Gasteiger partial charge is 0.399 e. The van der Waals surface area contributed by atoms with Crippen molar-refractivity contribution in [3.63, 3.8) is 0 Å². The Kier molecular flexibility index (Phi) is 2.32. The first-order valence-corrected chi connectivity index (χ1v) is 4.23. The lowest BCUT2D eigenvalue weighted by molar-refractivity contribution is 0.146. The molecule has 15 heavy (non-hydrogen) atoms. The van der Waals surface area contributed by atoms with Gasteiger partial charge < -0.3 is 5.73 Å². The van der Waals surface area contributed by atoms with Gasteiger partial charge in [-0.15, -0.1) is 5.10 Å². The van der Waals surface area contributed by atoms with E-state index in [1.807, 2.05) is 0 Å². The third-order valence-electron chi connectivity index (χ3n) is 1.89. The molecule has 0 atom stereocenters. The lowest BCUT2D eigenvalue weighted by atomic mass is 10.3. The molecule has 0 fully saturated rings. The molecule has 0 saturated carbocycles. The summed E-state index contributed by atoms with van der Waals surface area (Å²) in [6, 6.07) is 6.69. The van der Waals surface area contributed by atoms with Gasteiger partial charge in [0, 0.05) is 5.69 Å². The van der Waals surface area contributed by atoms with Gasteiger partial charge in [-0.05, 0) is 24.3 Å². The predicted octanol–water partition coefficient (Wildman–Crippen LogP) is 1.79. The predicted molar refractivity (Wildman–Crippen MR) is 50.7 cm³/mol. The van der Waals surface area contributed by atoms with E-state index in [1.165, 1.54) is 10.9 Å². The average Bonchev–Trinajstić information content (AvgIpc) is 2.68. The maximum absolute atomic E-state index is 12.2. The lowest BCUT2D eigenvalue weighted by Gasteiger charge is -1.99. The zero-order valence-corrected chi connectivity index (χ0v) is 7.64. The Labute approximate surface area is 84.3 Å². The van der Waals surface area contributed by atoms with Crippen LogP contribution in [0.5, 0.6) is 0 Å². The Hall–Kier alpha value is -1.98. The molecule has 78 valence electrons. The minimum absolute atomic E-state index is 0.341. The number of halogens is 2. The fourth-order valence-corrected chi connectivity index (χ4v) is 1.13. The van der Waals surface area contributed by atoms with Crippen LogP contribution in [-0.4, -0.2) is 15.0 Å². The highest BCUT2D eigenvalue weighted by atomic mass is 19.3. The minimum Gasteiger partial charge on any atom is -0.399 e. The minimum atomic E-state index is -2.60. The number of hydrogen-bond acceptors (Lipinski definition) is 3. The second-order valence-electron chi connectivity index (χ2n) is 2.98. The Balaban J connectivity index is 2.33. The molecule has 2 aromatic rings. The number of nitrogens with zero attached hydrogens (tertiary/aromatic N) is 3. The zero-order valence-electron chi connectivity index (χ0n) is 7.64. The van der Waals surface area contributed by atoms with Crippen LogP contribution < -0.4 is 5.73 Å². The third-order valence-corrected chi connectivity index (χ3v) is 1.89. The SMILES string of the molecule is Nc1ccc(-n2cc(C(F)F)nn2)cc1. The van der Waals surface area contributed by atoms with Crippen molar-refractivity contribution in [1.29, 1.82) is 0 Å². The molecule has 0 aliphatic carbocycles. The molecule has 0 amide bonds. The summed E-state index contributed by atoms with van der Waals surface area (Å²) in [5, 5.41) is 6.93. The summed E-state index contributed by atoms with van der Waals surface area (Å²) in [6.07, 6.45) is -1.41. The summed E-state index contributed by atoms with van der Waals surface area (Å²) in [4.78, 5) is 0. The molecule has 0 aliphatic heterocycles. The van der Waals surface area contributed by atoms with Crippen LogP contribution in [0, 0.1) is 0 Å². The van der Waals surface area contributed by atoms with Gasteiger partial charge in [0.2, 0.25) is 0 Å². The van der Waals surface area contributed by atoms with Gasteiger partial charge in [0.05, 0.1) is 11.9 Å². The fourth-order valence-electron chi connectivity index (χ4n) is 1.13. The van der Waals surface area contributed by atoms with Crippen LogP contribution in [0.2, 0.25) is 0 Å². The van der Waals surface area contributed by atoms with Crippen molar-refractivity contribution in [3.8, 4) is 5.69 Å². The van der Waals surface area contributed by atoms with Crippen molar-refractivity contribution >= 4 is 5.69 Å². The molecule has 0 spiro atoms. The van der Waals surface area contributed by atoms with E-state index in [2.05, 4.69) is 10.3 Å². The molecule has 6 heteroatoms. The highest BCUT2D eigenvalue weighted by molar-refractivity contribution is 5.44. The number of benzene rings is 1. The summed E-state index contributed by atoms with van der Waals surface area (Å²) >= 11 is 0. The fraction of sp³-hybridized carbons (Fsp3) is 0.111. The third kappa shape index (κ3) is 1.93. The number of hydrogen-bond donors (Lipinski definition) is 1. The monoisotopic (exact) mass is 210 g/mol. The molecule has 1 heterocycles. The summed E-state index contributed by atoms with van der Waals surface area (Å²) in [5.41, 5.74) is 6.40. The molecular formula is C9H8F2N4. The van der Waals surface area contributed by atoms with E-state index in [9.17, 15) is 8.78 Å². The van der Waals surface area contributed by atoms with Gasteiger partial charge in [-0.25, -0.2) is 13.5 Å². The molecule has 0 saturated heterocycles. The summed E-state index contributed by atoms with van der Waals surface area (Å²) < 4.78 is 25.7. The van der Waals surface area contributed by atoms with Crippen LogP contribution in [0.4, 0.5) is 14.5 Å². The van der Waals surface area contributed by atoms with E-state index in [-0.39, 0.29) is 5.69 Å². The van der Waals surface area contributed by atoms with Crippen LogP contribution in [-0.2, 0) is 0 Å². The maximum atomic E-state index is 12.2. The summed E-state index contributed by atoms with van der Waals surface area (Å²) in [6.45, 7) is 0. The van der Waals surface area contributed by atoms with Gasteiger partial charge in [0.1, 0.15) is 5.69 Å². The lowest BCUT2D eigenvalue weighted by Crippen LogP contribution is -1.95. The quantitative estimate of drug-likeness (QED) is 0.769. The normalized spacial score (nSPS) is 10.9. The number of rotatable bonds is 2. The summed E-state index contributed by atoms with van der Waals surface area (Å²) in [7, 11) is 0. The van der Waals surface area contributed by atoms with E-state index in [4.69, 9.17) is 5.73 Å². The number of anilines is 1.